The minimum absolute atomic E-state index is 0.0647. The number of nitrogens with zero attached hydrogens (tertiary/aromatic N) is 4. The lowest BCUT2D eigenvalue weighted by Gasteiger charge is -2.34. The van der Waals surface area contributed by atoms with Crippen LogP contribution < -0.4 is 0 Å². The van der Waals surface area contributed by atoms with Crippen molar-refractivity contribution in [3.8, 4) is 0 Å². The molecule has 1 amide bonds. The van der Waals surface area contributed by atoms with Crippen molar-refractivity contribution in [1.82, 2.24) is 19.0 Å². The number of hydrogen-bond acceptors (Lipinski definition) is 6. The van der Waals surface area contributed by atoms with E-state index in [1.807, 2.05) is 35.2 Å². The van der Waals surface area contributed by atoms with Gasteiger partial charge in [-0.05, 0) is 62.0 Å². The fourth-order valence-corrected chi connectivity index (χ4v) is 7.75. The molecule has 3 fully saturated rings. The predicted molar refractivity (Wildman–Crippen MR) is 134 cm³/mol. The fourth-order valence-electron chi connectivity index (χ4n) is 6.02. The molecule has 3 aliphatic rings. The van der Waals surface area contributed by atoms with Crippen LogP contribution in [0.4, 0.5) is 4.79 Å². The molecule has 0 radical (unpaired) electrons. The molecule has 36 heavy (non-hydrogen) atoms. The van der Waals surface area contributed by atoms with Crippen LogP contribution in [0.15, 0.2) is 41.4 Å². The van der Waals surface area contributed by atoms with Crippen LogP contribution in [0.1, 0.15) is 36.9 Å². The molecule has 1 aromatic heterocycles. The highest BCUT2D eigenvalue weighted by Crippen LogP contribution is 2.42. The van der Waals surface area contributed by atoms with Crippen molar-refractivity contribution in [3.63, 3.8) is 0 Å². The third-order valence-corrected chi connectivity index (χ3v) is 9.82. The number of benzene rings is 1. The summed E-state index contributed by atoms with van der Waals surface area (Å²) < 4.78 is 40.9. The van der Waals surface area contributed by atoms with Crippen LogP contribution >= 0.6 is 0 Å². The number of aromatic nitrogens is 2. The van der Waals surface area contributed by atoms with Crippen LogP contribution in [0.3, 0.4) is 0 Å². The number of carbonyl (C=O) groups is 1. The molecular weight excluding hydrogens is 480 g/mol. The predicted octanol–water partition coefficient (Wildman–Crippen LogP) is 3.19. The van der Waals surface area contributed by atoms with Gasteiger partial charge < -0.3 is 14.4 Å². The van der Waals surface area contributed by atoms with Crippen LogP contribution in [0.5, 0.6) is 0 Å². The van der Waals surface area contributed by atoms with Crippen molar-refractivity contribution in [2.75, 3.05) is 32.8 Å². The number of rotatable bonds is 7. The van der Waals surface area contributed by atoms with Gasteiger partial charge in [0.1, 0.15) is 6.61 Å². The molecule has 2 aromatic rings. The summed E-state index contributed by atoms with van der Waals surface area (Å²) in [5.74, 6) is 0.866. The van der Waals surface area contributed by atoms with Crippen LogP contribution in [-0.2, 0) is 33.2 Å². The molecule has 10 heteroatoms. The Labute approximate surface area is 213 Å². The van der Waals surface area contributed by atoms with Crippen molar-refractivity contribution < 1.29 is 22.7 Å². The zero-order valence-corrected chi connectivity index (χ0v) is 21.9. The molecule has 0 N–H and O–H groups in total. The zero-order valence-electron chi connectivity index (χ0n) is 21.1. The van der Waals surface area contributed by atoms with Gasteiger partial charge in [0.2, 0.25) is 0 Å². The lowest BCUT2D eigenvalue weighted by Crippen LogP contribution is -2.44. The van der Waals surface area contributed by atoms with Gasteiger partial charge in [0.25, 0.3) is 10.0 Å². The molecule has 9 nitrogen and oxygen atoms in total. The second-order valence-corrected chi connectivity index (χ2v) is 12.3. The molecule has 5 rings (SSSR count). The Hall–Kier alpha value is -2.43. The quantitative estimate of drug-likeness (QED) is 0.561. The summed E-state index contributed by atoms with van der Waals surface area (Å²) in [6, 6.07) is 11.4. The lowest BCUT2D eigenvalue weighted by atomic mass is 9.98. The largest absolute Gasteiger partial charge is 0.445 e. The number of aryl methyl sites for hydroxylation is 2. The topological polar surface area (TPSA) is 94.0 Å². The van der Waals surface area contributed by atoms with Crippen molar-refractivity contribution in [2.24, 2.45) is 24.8 Å². The van der Waals surface area contributed by atoms with E-state index in [0.717, 1.165) is 44.5 Å². The molecule has 2 aliphatic heterocycles. The van der Waals surface area contributed by atoms with E-state index in [2.05, 4.69) is 5.10 Å². The van der Waals surface area contributed by atoms with Gasteiger partial charge in [-0.15, -0.1) is 0 Å². The third kappa shape index (κ3) is 5.31. The molecule has 3 heterocycles. The molecular formula is C26H36N4O5S. The first-order valence-corrected chi connectivity index (χ1v) is 14.3. The first-order valence-electron chi connectivity index (χ1n) is 12.9. The van der Waals surface area contributed by atoms with E-state index in [4.69, 9.17) is 9.47 Å². The summed E-state index contributed by atoms with van der Waals surface area (Å²) in [5, 5.41) is 4.45. The van der Waals surface area contributed by atoms with Gasteiger partial charge in [0, 0.05) is 45.9 Å². The van der Waals surface area contributed by atoms with Crippen molar-refractivity contribution in [1.29, 1.82) is 0 Å². The minimum atomic E-state index is -3.59. The summed E-state index contributed by atoms with van der Waals surface area (Å²) in [7, 11) is -1.92. The average molecular weight is 517 g/mol. The summed E-state index contributed by atoms with van der Waals surface area (Å²) in [6.45, 7) is 5.14. The smallest absolute Gasteiger partial charge is 0.410 e. The molecule has 0 bridgehead atoms. The molecule has 1 unspecified atom stereocenters. The Kier molecular flexibility index (Phi) is 7.37. The summed E-state index contributed by atoms with van der Waals surface area (Å²) in [5.41, 5.74) is 1.65. The van der Waals surface area contributed by atoms with E-state index in [9.17, 15) is 13.2 Å². The third-order valence-electron chi connectivity index (χ3n) is 7.93. The molecule has 1 aliphatic carbocycles. The van der Waals surface area contributed by atoms with Gasteiger partial charge in [-0.3, -0.25) is 4.68 Å². The van der Waals surface area contributed by atoms with Gasteiger partial charge in [0.05, 0.1) is 5.69 Å². The minimum Gasteiger partial charge on any atom is -0.445 e. The highest BCUT2D eigenvalue weighted by Gasteiger charge is 2.48. The SMILES string of the molecule is Cc1cc(S(=O)(=O)N2C[C@H]3CC(N(CC4CCOCC4)C(=O)OCc4ccccc4)C[C@H]3C2)n(C)n1. The number of hydrogen-bond donors (Lipinski definition) is 0. The molecule has 1 saturated carbocycles. The van der Waals surface area contributed by atoms with E-state index < -0.39 is 10.0 Å². The summed E-state index contributed by atoms with van der Waals surface area (Å²) in [6.07, 6.45) is 3.21. The van der Waals surface area contributed by atoms with Crippen LogP contribution in [0, 0.1) is 24.7 Å². The number of ether oxygens (including phenoxy) is 2. The van der Waals surface area contributed by atoms with Crippen molar-refractivity contribution in [3.05, 3.63) is 47.7 Å². The van der Waals surface area contributed by atoms with E-state index in [1.54, 1.807) is 24.3 Å². The highest BCUT2D eigenvalue weighted by atomic mass is 32.2. The van der Waals surface area contributed by atoms with E-state index in [1.165, 1.54) is 4.68 Å². The van der Waals surface area contributed by atoms with Gasteiger partial charge >= 0.3 is 6.09 Å². The Morgan fingerprint density at radius 1 is 1.14 bits per heavy atom. The zero-order chi connectivity index (χ0) is 25.3. The van der Waals surface area contributed by atoms with Crippen molar-refractivity contribution >= 4 is 16.1 Å². The van der Waals surface area contributed by atoms with Crippen molar-refractivity contribution in [2.45, 2.75) is 50.3 Å². The Morgan fingerprint density at radius 2 is 1.81 bits per heavy atom. The molecule has 3 atom stereocenters. The molecule has 1 aromatic carbocycles. The first-order chi connectivity index (χ1) is 17.3. The van der Waals surface area contributed by atoms with Crippen LogP contribution in [0.2, 0.25) is 0 Å². The second kappa shape index (κ2) is 10.5. The first kappa shape index (κ1) is 25.2. The van der Waals surface area contributed by atoms with Gasteiger partial charge in [0.15, 0.2) is 5.03 Å². The van der Waals surface area contributed by atoms with E-state index in [-0.39, 0.29) is 35.6 Å². The van der Waals surface area contributed by atoms with Gasteiger partial charge in [-0.1, -0.05) is 30.3 Å². The normalized spacial score (nSPS) is 25.1. The maximum absolute atomic E-state index is 13.3. The van der Waals surface area contributed by atoms with Gasteiger partial charge in [-0.25, -0.2) is 13.2 Å². The maximum Gasteiger partial charge on any atom is 0.410 e. The fraction of sp³-hybridized carbons (Fsp3) is 0.615. The Balaban J connectivity index is 1.25. The highest BCUT2D eigenvalue weighted by molar-refractivity contribution is 7.89. The molecule has 196 valence electrons. The molecule has 2 saturated heterocycles. The number of fused-ring (bicyclic) bond motifs is 1. The second-order valence-electron chi connectivity index (χ2n) is 10.5. The van der Waals surface area contributed by atoms with E-state index >= 15 is 0 Å². The Morgan fingerprint density at radius 3 is 2.42 bits per heavy atom. The number of carbonyl (C=O) groups excluding carboxylic acids is 1. The van der Waals surface area contributed by atoms with E-state index in [0.29, 0.717) is 31.2 Å². The maximum atomic E-state index is 13.3. The summed E-state index contributed by atoms with van der Waals surface area (Å²) >= 11 is 0. The van der Waals surface area contributed by atoms with Crippen LogP contribution in [0.25, 0.3) is 0 Å². The van der Waals surface area contributed by atoms with Crippen LogP contribution in [-0.4, -0.2) is 72.4 Å². The lowest BCUT2D eigenvalue weighted by molar-refractivity contribution is 0.0351. The number of amides is 1. The standard InChI is InChI=1S/C26H36N4O5S/c1-19-12-25(28(2)27-19)36(32,33)29-16-22-13-24(14-23(22)17-29)30(15-20-8-10-34-11-9-20)26(31)35-18-21-6-4-3-5-7-21/h3-7,12,20,22-24H,8-11,13-18H2,1-2H3/t22-,23+,24?. The van der Waals surface area contributed by atoms with Gasteiger partial charge in [-0.2, -0.15) is 9.40 Å². The average Bonchev–Trinajstić information content (AvgIpc) is 3.55. The summed E-state index contributed by atoms with van der Waals surface area (Å²) in [4.78, 5) is 15.2. The molecule has 0 spiro atoms. The number of sulfonamides is 1. The monoisotopic (exact) mass is 516 g/mol. The Bertz CT molecular complexity index is 1150.